The summed E-state index contributed by atoms with van der Waals surface area (Å²) in [6.07, 6.45) is 7.51. The second-order valence-electron chi connectivity index (χ2n) is 12.3. The predicted molar refractivity (Wildman–Crippen MR) is 144 cm³/mol. The summed E-state index contributed by atoms with van der Waals surface area (Å²) >= 11 is 0.436. The summed E-state index contributed by atoms with van der Waals surface area (Å²) in [6.45, 7) is 31.9. The maximum absolute atomic E-state index is 3.39. The molecule has 0 aliphatic heterocycles. The number of halogens is 1. The van der Waals surface area contributed by atoms with Crippen LogP contribution < -0.4 is 0 Å². The van der Waals surface area contributed by atoms with Gasteiger partial charge < -0.3 is 0 Å². The van der Waals surface area contributed by atoms with Gasteiger partial charge in [0, 0.05) is 0 Å². The number of hydrogen-bond donors (Lipinski definition) is 0. The summed E-state index contributed by atoms with van der Waals surface area (Å²) < 4.78 is 7.82. The average Bonchev–Trinajstić information content (AvgIpc) is 2.32. The molecule has 0 bridgehead atoms. The minimum absolute atomic E-state index is 1.04. The summed E-state index contributed by atoms with van der Waals surface area (Å²) in [5.41, 5.74) is 0. The van der Waals surface area contributed by atoms with E-state index in [1.807, 2.05) is 0 Å². The van der Waals surface area contributed by atoms with Gasteiger partial charge in [0.2, 0.25) is 0 Å². The molecular formula is C18H47IN2Si4Sn. The Morgan fingerprint density at radius 1 is 0.577 bits per heavy atom. The van der Waals surface area contributed by atoms with E-state index in [9.17, 15) is 0 Å². The van der Waals surface area contributed by atoms with Gasteiger partial charge in [0.25, 0.3) is 0 Å². The molecule has 2 nitrogen and oxygen atoms in total. The second-order valence-corrected chi connectivity index (χ2v) is 56.6. The Labute approximate surface area is 184 Å². The van der Waals surface area contributed by atoms with E-state index in [0.29, 0.717) is 0 Å². The number of nitrogens with zero attached hydrogens (tertiary/aromatic N) is 2. The monoisotopic (exact) mass is 650 g/mol. The van der Waals surface area contributed by atoms with Crippen LogP contribution in [0.2, 0.25) is 82.5 Å². The van der Waals surface area contributed by atoms with Crippen LogP contribution in [0, 0.1) is 0 Å². The van der Waals surface area contributed by atoms with Crippen molar-refractivity contribution in [1.29, 1.82) is 0 Å². The average molecular weight is 650 g/mol. The first-order valence-electron chi connectivity index (χ1n) is 10.6. The molecule has 0 heterocycles. The summed E-state index contributed by atoms with van der Waals surface area (Å²) in [6, 6.07) is 0. The van der Waals surface area contributed by atoms with Crippen LogP contribution in [-0.2, 0) is 0 Å². The fourth-order valence-corrected chi connectivity index (χ4v) is 137. The first-order valence-corrected chi connectivity index (χ1v) is 36.9. The van der Waals surface area contributed by atoms with Gasteiger partial charge in [-0.3, -0.25) is 0 Å². The van der Waals surface area contributed by atoms with Gasteiger partial charge >= 0.3 is 186 Å². The van der Waals surface area contributed by atoms with Crippen LogP contribution in [0.5, 0.6) is 0 Å². The molecular weight excluding hydrogens is 602 g/mol. The Kier molecular flexibility index (Phi) is 8.94. The Bertz CT molecular complexity index is 412. The molecule has 1 aliphatic carbocycles. The third kappa shape index (κ3) is 6.16. The topological polar surface area (TPSA) is 6.48 Å². The Morgan fingerprint density at radius 2 is 0.846 bits per heavy atom. The normalized spacial score (nSPS) is 19.5. The van der Waals surface area contributed by atoms with E-state index < -0.39 is 47.9 Å². The molecule has 1 saturated carbocycles. The molecule has 0 radical (unpaired) electrons. The van der Waals surface area contributed by atoms with E-state index in [1.54, 1.807) is 0 Å². The van der Waals surface area contributed by atoms with E-state index in [4.69, 9.17) is 0 Å². The second kappa shape index (κ2) is 8.82. The Balaban J connectivity index is 3.75. The number of hydrogen-bond acceptors (Lipinski definition) is 2. The van der Waals surface area contributed by atoms with Gasteiger partial charge in [0.05, 0.1) is 0 Å². The van der Waals surface area contributed by atoms with E-state index in [-0.39, 0.29) is 0 Å². The molecule has 0 saturated heterocycles. The number of rotatable bonds is 7. The van der Waals surface area contributed by atoms with E-state index in [1.165, 1.54) is 32.1 Å². The van der Waals surface area contributed by atoms with Crippen LogP contribution in [0.15, 0.2) is 0 Å². The fourth-order valence-electron chi connectivity index (χ4n) is 5.83. The fraction of sp³-hybridized carbons (Fsp3) is 1.00. The third-order valence-electron chi connectivity index (χ3n) is 5.44. The van der Waals surface area contributed by atoms with Gasteiger partial charge in [-0.15, -0.1) is 0 Å². The molecule has 156 valence electrons. The Hall–Kier alpha value is 2.32. The molecule has 0 aromatic carbocycles. The van der Waals surface area contributed by atoms with E-state index in [0.717, 1.165) is 3.93 Å². The summed E-state index contributed by atoms with van der Waals surface area (Å²) in [7, 11) is -5.51. The molecule has 1 aliphatic rings. The first kappa shape index (κ1) is 26.4. The molecule has 0 atom stereocenters. The SMILES string of the molecule is C[Si](C)(C)[N]([Si](C)(C)C)[Sn]([I])([CH]1CCCCC1)[N]([Si](C)(C)C)[Si](C)(C)C. The van der Waals surface area contributed by atoms with Crippen LogP contribution in [0.1, 0.15) is 32.1 Å². The minimum atomic E-state index is -2.78. The van der Waals surface area contributed by atoms with Gasteiger partial charge in [0.1, 0.15) is 0 Å². The molecule has 0 spiro atoms. The van der Waals surface area contributed by atoms with Crippen LogP contribution >= 0.6 is 18.6 Å². The van der Waals surface area contributed by atoms with Crippen molar-refractivity contribution in [2.24, 2.45) is 0 Å². The van der Waals surface area contributed by atoms with E-state index >= 15 is 0 Å². The molecule has 8 heteroatoms. The van der Waals surface area contributed by atoms with Gasteiger partial charge in [-0.25, -0.2) is 0 Å². The summed E-state index contributed by atoms with van der Waals surface area (Å²) in [5, 5.41) is 0. The summed E-state index contributed by atoms with van der Waals surface area (Å²) in [4.78, 5) is 0. The molecule has 1 rings (SSSR count). The maximum atomic E-state index is 3.39. The van der Waals surface area contributed by atoms with Crippen molar-refractivity contribution in [2.45, 2.75) is 115 Å². The quantitative estimate of drug-likeness (QED) is 0.207. The zero-order chi connectivity index (χ0) is 20.8. The zero-order valence-corrected chi connectivity index (χ0v) is 28.9. The molecule has 0 N–H and O–H groups in total. The third-order valence-corrected chi connectivity index (χ3v) is 83.8. The van der Waals surface area contributed by atoms with Gasteiger partial charge in [-0.1, -0.05) is 0 Å². The van der Waals surface area contributed by atoms with E-state index in [2.05, 4.69) is 102 Å². The molecule has 0 amide bonds. The molecule has 0 unspecified atom stereocenters. The zero-order valence-electron chi connectivity index (χ0n) is 19.9. The van der Waals surface area contributed by atoms with Gasteiger partial charge in [-0.05, 0) is 0 Å². The molecule has 0 aromatic heterocycles. The van der Waals surface area contributed by atoms with Gasteiger partial charge in [0.15, 0.2) is 0 Å². The standard InChI is InChI=1S/2C6H18NSi2.C6H11.HI.Sn/c2*1-8(2,3)7-9(4,5)6;1-2-4-6-5-3-1;;/h2*1-6H3;1H,2-6H2;1H;/q2*-1;;;+3/p-1. The molecule has 1 fully saturated rings. The Morgan fingerprint density at radius 3 is 1.08 bits per heavy atom. The van der Waals surface area contributed by atoms with Crippen LogP contribution in [0.4, 0.5) is 0 Å². The van der Waals surface area contributed by atoms with Crippen molar-refractivity contribution < 1.29 is 0 Å². The van der Waals surface area contributed by atoms with Crippen LogP contribution in [0.3, 0.4) is 0 Å². The van der Waals surface area contributed by atoms with Crippen LogP contribution in [0.25, 0.3) is 0 Å². The van der Waals surface area contributed by atoms with Crippen molar-refractivity contribution in [3.63, 3.8) is 0 Å². The predicted octanol–water partition coefficient (Wildman–Crippen LogP) is 7.64. The van der Waals surface area contributed by atoms with Crippen molar-refractivity contribution >= 4 is 66.5 Å². The van der Waals surface area contributed by atoms with Crippen molar-refractivity contribution in [3.05, 3.63) is 0 Å². The van der Waals surface area contributed by atoms with Crippen LogP contribution in [-0.4, -0.2) is 52.8 Å². The van der Waals surface area contributed by atoms with Crippen molar-refractivity contribution in [3.8, 4) is 0 Å². The first-order chi connectivity index (χ1) is 11.3. The summed E-state index contributed by atoms with van der Waals surface area (Å²) in [5.74, 6) is 0. The molecule has 26 heavy (non-hydrogen) atoms. The van der Waals surface area contributed by atoms with Crippen molar-refractivity contribution in [2.75, 3.05) is 0 Å². The van der Waals surface area contributed by atoms with Crippen molar-refractivity contribution in [1.82, 2.24) is 4.91 Å². The van der Waals surface area contributed by atoms with Gasteiger partial charge in [-0.2, -0.15) is 0 Å². The molecule has 0 aromatic rings.